The molecule has 2 aliphatic rings. The Balaban J connectivity index is 1.46. The van der Waals surface area contributed by atoms with Crippen molar-refractivity contribution in [3.8, 4) is 11.5 Å². The molecular formula is C21H18F2N2O4. The number of hydrogen-bond acceptors (Lipinski definition) is 4. The maximum Gasteiger partial charge on any atom is 0.586 e. The molecule has 6 nitrogen and oxygen atoms in total. The number of hydrogen-bond donors (Lipinski definition) is 1. The molecule has 150 valence electrons. The van der Waals surface area contributed by atoms with Crippen LogP contribution in [0.2, 0.25) is 0 Å². The summed E-state index contributed by atoms with van der Waals surface area (Å²) < 4.78 is 35.5. The Hall–Kier alpha value is -3.42. The number of nitrogens with one attached hydrogen (secondary N) is 1. The van der Waals surface area contributed by atoms with Crippen molar-refractivity contribution in [3.05, 3.63) is 71.3 Å². The van der Waals surface area contributed by atoms with Crippen LogP contribution in [0.5, 0.6) is 11.5 Å². The third kappa shape index (κ3) is 3.78. The highest BCUT2D eigenvalue weighted by Crippen LogP contribution is 2.43. The molecule has 1 N–H and O–H groups in total. The number of fused-ring (bicyclic) bond motifs is 2. The van der Waals surface area contributed by atoms with Crippen LogP contribution in [0, 0.1) is 0 Å². The van der Waals surface area contributed by atoms with E-state index in [1.807, 2.05) is 6.07 Å². The summed E-state index contributed by atoms with van der Waals surface area (Å²) in [5.41, 5.74) is 2.79. The smallest absolute Gasteiger partial charge is 0.395 e. The van der Waals surface area contributed by atoms with Gasteiger partial charge in [-0.1, -0.05) is 24.8 Å². The van der Waals surface area contributed by atoms with Gasteiger partial charge in [0.15, 0.2) is 11.5 Å². The minimum atomic E-state index is -3.71. The highest BCUT2D eigenvalue weighted by atomic mass is 19.3. The van der Waals surface area contributed by atoms with E-state index >= 15 is 0 Å². The Labute approximate surface area is 165 Å². The molecule has 0 saturated carbocycles. The van der Waals surface area contributed by atoms with Crippen LogP contribution in [-0.4, -0.2) is 29.6 Å². The number of benzene rings is 2. The Morgan fingerprint density at radius 2 is 2.03 bits per heavy atom. The van der Waals surface area contributed by atoms with Gasteiger partial charge in [-0.3, -0.25) is 9.59 Å². The van der Waals surface area contributed by atoms with Crippen molar-refractivity contribution in [1.29, 1.82) is 0 Å². The van der Waals surface area contributed by atoms with Crippen LogP contribution in [0.25, 0.3) is 0 Å². The maximum atomic E-state index is 13.3. The van der Waals surface area contributed by atoms with Crippen molar-refractivity contribution >= 4 is 11.8 Å². The Morgan fingerprint density at radius 1 is 1.21 bits per heavy atom. The normalized spacial score (nSPS) is 16.1. The Bertz CT molecular complexity index is 1010. The zero-order valence-corrected chi connectivity index (χ0v) is 15.4. The van der Waals surface area contributed by atoms with Gasteiger partial charge in [0.2, 0.25) is 5.91 Å². The third-order valence-corrected chi connectivity index (χ3v) is 4.92. The molecule has 0 aromatic heterocycles. The predicted molar refractivity (Wildman–Crippen MR) is 99.6 cm³/mol. The standard InChI is InChI=1S/C21H18F2N2O4/c1-2-18(26)25-9-8-13-6-7-14(10-16(13)12-25)20(27)24-11-15-4-3-5-17-19(15)29-21(22,23)28-17/h2-7,10H,1,8-9,11-12H2,(H,24,27). The van der Waals surface area contributed by atoms with Crippen LogP contribution < -0.4 is 14.8 Å². The second-order valence-electron chi connectivity index (χ2n) is 6.79. The highest BCUT2D eigenvalue weighted by molar-refractivity contribution is 5.94. The SMILES string of the molecule is C=CC(=O)N1CCc2ccc(C(=O)NCc3cccc4c3OC(F)(F)O4)cc2C1. The average Bonchev–Trinajstić information content (AvgIpc) is 3.04. The van der Waals surface area contributed by atoms with E-state index in [9.17, 15) is 18.4 Å². The lowest BCUT2D eigenvalue weighted by molar-refractivity contribution is -0.286. The van der Waals surface area contributed by atoms with Gasteiger partial charge in [0.25, 0.3) is 5.91 Å². The molecule has 0 fully saturated rings. The summed E-state index contributed by atoms with van der Waals surface area (Å²) in [7, 11) is 0. The first-order chi connectivity index (χ1) is 13.9. The molecule has 0 spiro atoms. The Kier molecular flexibility index (Phi) is 4.70. The summed E-state index contributed by atoms with van der Waals surface area (Å²) in [6.07, 6.45) is -1.73. The number of halogens is 2. The molecule has 2 heterocycles. The van der Waals surface area contributed by atoms with Gasteiger partial charge in [0.05, 0.1) is 0 Å². The Morgan fingerprint density at radius 3 is 2.83 bits per heavy atom. The van der Waals surface area contributed by atoms with E-state index < -0.39 is 6.29 Å². The van der Waals surface area contributed by atoms with E-state index in [4.69, 9.17) is 0 Å². The van der Waals surface area contributed by atoms with E-state index in [1.54, 1.807) is 29.2 Å². The number of para-hydroxylation sites is 1. The number of carbonyl (C=O) groups is 2. The van der Waals surface area contributed by atoms with Crippen molar-refractivity contribution in [1.82, 2.24) is 10.2 Å². The summed E-state index contributed by atoms with van der Waals surface area (Å²) in [4.78, 5) is 26.1. The number of ether oxygens (including phenoxy) is 2. The molecule has 0 saturated heterocycles. The molecule has 0 aliphatic carbocycles. The van der Waals surface area contributed by atoms with Crippen molar-refractivity contribution in [3.63, 3.8) is 0 Å². The lowest BCUT2D eigenvalue weighted by Crippen LogP contribution is -2.35. The summed E-state index contributed by atoms with van der Waals surface area (Å²) in [5.74, 6) is -0.657. The lowest BCUT2D eigenvalue weighted by atomic mass is 9.97. The number of rotatable bonds is 4. The molecule has 4 rings (SSSR count). The number of carbonyl (C=O) groups excluding carboxylic acids is 2. The van der Waals surface area contributed by atoms with Crippen LogP contribution in [0.3, 0.4) is 0 Å². The summed E-state index contributed by atoms with van der Waals surface area (Å²) >= 11 is 0. The fourth-order valence-corrected chi connectivity index (χ4v) is 3.46. The van der Waals surface area contributed by atoms with Crippen molar-refractivity contribution < 1.29 is 27.8 Å². The van der Waals surface area contributed by atoms with Crippen LogP contribution in [0.15, 0.2) is 49.1 Å². The van der Waals surface area contributed by atoms with E-state index in [0.717, 1.165) is 11.1 Å². The van der Waals surface area contributed by atoms with Crippen molar-refractivity contribution in [2.45, 2.75) is 25.8 Å². The monoisotopic (exact) mass is 400 g/mol. The molecule has 0 radical (unpaired) electrons. The minimum absolute atomic E-state index is 0.000390. The molecule has 0 unspecified atom stereocenters. The van der Waals surface area contributed by atoms with Gasteiger partial charge in [-0.15, -0.1) is 8.78 Å². The third-order valence-electron chi connectivity index (χ3n) is 4.92. The van der Waals surface area contributed by atoms with Gasteiger partial charge in [-0.25, -0.2) is 0 Å². The first kappa shape index (κ1) is 18.9. The minimum Gasteiger partial charge on any atom is -0.395 e. The quantitative estimate of drug-likeness (QED) is 0.802. The highest BCUT2D eigenvalue weighted by Gasteiger charge is 2.44. The van der Waals surface area contributed by atoms with Gasteiger partial charge < -0.3 is 19.7 Å². The first-order valence-electron chi connectivity index (χ1n) is 9.05. The van der Waals surface area contributed by atoms with Gasteiger partial charge in [-0.2, -0.15) is 0 Å². The van der Waals surface area contributed by atoms with E-state index in [1.165, 1.54) is 12.1 Å². The topological polar surface area (TPSA) is 67.9 Å². The molecule has 0 atom stereocenters. The summed E-state index contributed by atoms with van der Waals surface area (Å²) in [6, 6.07) is 9.84. The zero-order valence-electron chi connectivity index (χ0n) is 15.4. The second-order valence-corrected chi connectivity index (χ2v) is 6.79. The van der Waals surface area contributed by atoms with Gasteiger partial charge in [-0.05, 0) is 41.8 Å². The van der Waals surface area contributed by atoms with Crippen LogP contribution in [-0.2, 0) is 24.3 Å². The summed E-state index contributed by atoms with van der Waals surface area (Å²) in [5, 5.41) is 2.71. The van der Waals surface area contributed by atoms with E-state index in [2.05, 4.69) is 21.4 Å². The van der Waals surface area contributed by atoms with E-state index in [-0.39, 0.29) is 29.9 Å². The largest absolute Gasteiger partial charge is 0.586 e. The fourth-order valence-electron chi connectivity index (χ4n) is 3.46. The first-order valence-corrected chi connectivity index (χ1v) is 9.05. The fraction of sp³-hybridized carbons (Fsp3) is 0.238. The molecule has 2 aliphatic heterocycles. The van der Waals surface area contributed by atoms with Gasteiger partial charge in [0.1, 0.15) is 0 Å². The zero-order chi connectivity index (χ0) is 20.6. The van der Waals surface area contributed by atoms with Gasteiger partial charge in [0, 0.05) is 30.8 Å². The number of amides is 2. The van der Waals surface area contributed by atoms with Crippen LogP contribution in [0.4, 0.5) is 8.78 Å². The molecule has 2 aromatic carbocycles. The number of alkyl halides is 2. The molecule has 0 bridgehead atoms. The van der Waals surface area contributed by atoms with Crippen LogP contribution in [0.1, 0.15) is 27.0 Å². The molecule has 8 heteroatoms. The lowest BCUT2D eigenvalue weighted by Gasteiger charge is -2.28. The molecule has 2 amide bonds. The summed E-state index contributed by atoms with van der Waals surface area (Å²) in [6.45, 7) is 4.52. The van der Waals surface area contributed by atoms with Crippen molar-refractivity contribution in [2.75, 3.05) is 6.54 Å². The average molecular weight is 400 g/mol. The molecular weight excluding hydrogens is 382 g/mol. The second kappa shape index (κ2) is 7.20. The maximum absolute atomic E-state index is 13.3. The van der Waals surface area contributed by atoms with Crippen LogP contribution >= 0.6 is 0 Å². The van der Waals surface area contributed by atoms with Crippen molar-refractivity contribution in [2.24, 2.45) is 0 Å². The van der Waals surface area contributed by atoms with E-state index in [0.29, 0.717) is 30.6 Å². The molecule has 2 aromatic rings. The predicted octanol–water partition coefficient (Wildman–Crippen LogP) is 3.01. The molecule has 29 heavy (non-hydrogen) atoms. The van der Waals surface area contributed by atoms with Gasteiger partial charge >= 0.3 is 6.29 Å². The number of nitrogens with zero attached hydrogens (tertiary/aromatic N) is 1.